The van der Waals surface area contributed by atoms with E-state index in [1.807, 2.05) is 29.7 Å². The maximum absolute atomic E-state index is 13.0. The van der Waals surface area contributed by atoms with Crippen molar-refractivity contribution >= 4 is 11.4 Å². The monoisotopic (exact) mass is 386 g/mol. The Morgan fingerprint density at radius 3 is 2.86 bits per heavy atom. The first kappa shape index (κ1) is 20.8. The fraction of sp³-hybridized carbons (Fsp3) is 0.652. The van der Waals surface area contributed by atoms with Crippen molar-refractivity contribution < 1.29 is 14.6 Å². The summed E-state index contributed by atoms with van der Waals surface area (Å²) in [7, 11) is 0. The summed E-state index contributed by atoms with van der Waals surface area (Å²) in [5.41, 5.74) is 2.06. The minimum atomic E-state index is 0.0168. The highest BCUT2D eigenvalue weighted by Crippen LogP contribution is 2.28. The van der Waals surface area contributed by atoms with Gasteiger partial charge in [0.05, 0.1) is 12.3 Å². The zero-order valence-corrected chi connectivity index (χ0v) is 17.3. The lowest BCUT2D eigenvalue weighted by Crippen LogP contribution is -2.16. The Kier molecular flexibility index (Phi) is 7.49. The number of aliphatic hydroxyl groups excluding tert-OH is 1. The van der Waals surface area contributed by atoms with Crippen molar-refractivity contribution in [3.05, 3.63) is 29.7 Å². The highest BCUT2D eigenvalue weighted by molar-refractivity contribution is 5.96. The summed E-state index contributed by atoms with van der Waals surface area (Å²) >= 11 is 0. The number of fused-ring (bicyclic) bond motifs is 1. The summed E-state index contributed by atoms with van der Waals surface area (Å²) in [5, 5.41) is 9.62. The van der Waals surface area contributed by atoms with Crippen LogP contribution >= 0.6 is 0 Å². The molecule has 1 atom stereocenters. The molecular formula is C23H34N2O3. The van der Waals surface area contributed by atoms with Crippen molar-refractivity contribution in [1.82, 2.24) is 9.38 Å². The molecule has 5 heteroatoms. The Balaban J connectivity index is 1.76. The summed E-state index contributed by atoms with van der Waals surface area (Å²) in [4.78, 5) is 17.6. The lowest BCUT2D eigenvalue weighted by Gasteiger charge is -2.21. The third-order valence-corrected chi connectivity index (χ3v) is 5.95. The van der Waals surface area contributed by atoms with E-state index in [1.54, 1.807) is 0 Å². The van der Waals surface area contributed by atoms with Gasteiger partial charge in [0.25, 0.3) is 0 Å². The molecule has 0 unspecified atom stereocenters. The molecule has 154 valence electrons. The molecule has 0 aromatic carbocycles. The Morgan fingerprint density at radius 1 is 1.36 bits per heavy atom. The topological polar surface area (TPSA) is 63.8 Å². The number of aryl methyl sites for hydroxylation is 1. The highest BCUT2D eigenvalue weighted by Gasteiger charge is 2.22. The van der Waals surface area contributed by atoms with E-state index in [9.17, 15) is 9.90 Å². The first-order valence-corrected chi connectivity index (χ1v) is 10.9. The molecule has 2 heterocycles. The molecule has 0 spiro atoms. The number of hydrogen-bond donors (Lipinski definition) is 1. The Labute approximate surface area is 168 Å². The van der Waals surface area contributed by atoms with Gasteiger partial charge in [-0.1, -0.05) is 39.0 Å². The number of imidazole rings is 1. The molecule has 0 bridgehead atoms. The van der Waals surface area contributed by atoms with Crippen LogP contribution in [-0.4, -0.2) is 33.5 Å². The third kappa shape index (κ3) is 4.93. The second-order valence-corrected chi connectivity index (χ2v) is 8.25. The van der Waals surface area contributed by atoms with E-state index in [4.69, 9.17) is 4.74 Å². The molecule has 1 saturated carbocycles. The number of aromatic nitrogens is 2. The van der Waals surface area contributed by atoms with Crippen LogP contribution < -0.4 is 4.74 Å². The second-order valence-electron chi connectivity index (χ2n) is 8.25. The standard InChI is InChI=1S/C23H34N2O3/c1-3-4-9-19(15-26)14-20(27)22-17(2)24-23-21(12-8-13-25(22)23)28-16-18-10-6-5-7-11-18/h8,12-13,18-19,26H,3-7,9-11,14-16H2,1-2H3/t19-/m0/s1. The van der Waals surface area contributed by atoms with E-state index in [2.05, 4.69) is 11.9 Å². The van der Waals surface area contributed by atoms with Crippen LogP contribution in [0.2, 0.25) is 0 Å². The molecule has 3 rings (SSSR count). The van der Waals surface area contributed by atoms with Crippen LogP contribution in [0.25, 0.3) is 5.65 Å². The van der Waals surface area contributed by atoms with E-state index in [0.29, 0.717) is 23.7 Å². The summed E-state index contributed by atoms with van der Waals surface area (Å²) in [6, 6.07) is 3.86. The average Bonchev–Trinajstić information content (AvgIpc) is 3.06. The van der Waals surface area contributed by atoms with Crippen LogP contribution in [0.5, 0.6) is 5.75 Å². The Bertz CT molecular complexity index is 777. The molecule has 2 aromatic heterocycles. The fourth-order valence-electron chi connectivity index (χ4n) is 4.28. The molecule has 1 aliphatic rings. The lowest BCUT2D eigenvalue weighted by molar-refractivity contribution is 0.0923. The molecule has 1 N–H and O–H groups in total. The van der Waals surface area contributed by atoms with Crippen LogP contribution in [0, 0.1) is 18.8 Å². The van der Waals surface area contributed by atoms with E-state index in [-0.39, 0.29) is 18.3 Å². The molecule has 2 aromatic rings. The molecule has 1 fully saturated rings. The summed E-state index contributed by atoms with van der Waals surface area (Å²) < 4.78 is 7.99. The van der Waals surface area contributed by atoms with Crippen molar-refractivity contribution in [3.63, 3.8) is 0 Å². The third-order valence-electron chi connectivity index (χ3n) is 5.95. The van der Waals surface area contributed by atoms with Gasteiger partial charge in [-0.2, -0.15) is 0 Å². The van der Waals surface area contributed by atoms with E-state index in [0.717, 1.165) is 37.3 Å². The minimum absolute atomic E-state index is 0.0168. The van der Waals surface area contributed by atoms with Crippen molar-refractivity contribution in [2.75, 3.05) is 13.2 Å². The number of carbonyl (C=O) groups is 1. The van der Waals surface area contributed by atoms with Crippen LogP contribution in [0.3, 0.4) is 0 Å². The molecule has 0 radical (unpaired) electrons. The summed E-state index contributed by atoms with van der Waals surface area (Å²) in [6.45, 7) is 4.78. The quantitative estimate of drug-likeness (QED) is 0.585. The number of ketones is 1. The predicted octanol–water partition coefficient (Wildman–Crippen LogP) is 4.97. The number of carbonyl (C=O) groups excluding carboxylic acids is 1. The van der Waals surface area contributed by atoms with Crippen LogP contribution in [0.15, 0.2) is 18.3 Å². The van der Waals surface area contributed by atoms with Crippen molar-refractivity contribution in [3.8, 4) is 5.75 Å². The number of aliphatic hydroxyl groups is 1. The van der Waals surface area contributed by atoms with Gasteiger partial charge in [0.1, 0.15) is 5.69 Å². The van der Waals surface area contributed by atoms with Gasteiger partial charge in [-0.15, -0.1) is 0 Å². The molecule has 5 nitrogen and oxygen atoms in total. The number of ether oxygens (including phenoxy) is 1. The van der Waals surface area contributed by atoms with Gasteiger partial charge in [0.2, 0.25) is 0 Å². The number of unbranched alkanes of at least 4 members (excludes halogenated alkanes) is 1. The van der Waals surface area contributed by atoms with Gasteiger partial charge in [0.15, 0.2) is 17.2 Å². The normalized spacial score (nSPS) is 16.4. The molecular weight excluding hydrogens is 352 g/mol. The first-order chi connectivity index (χ1) is 13.6. The van der Waals surface area contributed by atoms with Crippen LogP contribution in [-0.2, 0) is 0 Å². The summed E-state index contributed by atoms with van der Waals surface area (Å²) in [6.07, 6.45) is 11.6. The van der Waals surface area contributed by atoms with Gasteiger partial charge in [-0.3, -0.25) is 9.20 Å². The number of hydrogen-bond acceptors (Lipinski definition) is 4. The number of Topliss-reactive ketones (excluding diaryl/α,β-unsaturated/α-hetero) is 1. The van der Waals surface area contributed by atoms with E-state index >= 15 is 0 Å². The predicted molar refractivity (Wildman–Crippen MR) is 111 cm³/mol. The first-order valence-electron chi connectivity index (χ1n) is 10.9. The molecule has 0 aliphatic heterocycles. The number of nitrogens with zero attached hydrogens (tertiary/aromatic N) is 2. The van der Waals surface area contributed by atoms with Crippen LogP contribution in [0.4, 0.5) is 0 Å². The lowest BCUT2D eigenvalue weighted by atomic mass is 9.90. The zero-order chi connectivity index (χ0) is 19.9. The average molecular weight is 387 g/mol. The van der Waals surface area contributed by atoms with Gasteiger partial charge in [-0.25, -0.2) is 4.98 Å². The molecule has 0 saturated heterocycles. The minimum Gasteiger partial charge on any atom is -0.489 e. The van der Waals surface area contributed by atoms with Crippen molar-refractivity contribution in [2.45, 2.75) is 71.6 Å². The van der Waals surface area contributed by atoms with Gasteiger partial charge in [-0.05, 0) is 50.2 Å². The van der Waals surface area contributed by atoms with Gasteiger partial charge in [0, 0.05) is 19.2 Å². The zero-order valence-electron chi connectivity index (χ0n) is 17.3. The van der Waals surface area contributed by atoms with E-state index < -0.39 is 0 Å². The second kappa shape index (κ2) is 10.1. The maximum atomic E-state index is 13.0. The Morgan fingerprint density at radius 2 is 2.14 bits per heavy atom. The fourth-order valence-corrected chi connectivity index (χ4v) is 4.28. The molecule has 1 aliphatic carbocycles. The number of pyridine rings is 1. The molecule has 28 heavy (non-hydrogen) atoms. The largest absolute Gasteiger partial charge is 0.489 e. The molecule has 0 amide bonds. The number of rotatable bonds is 10. The van der Waals surface area contributed by atoms with E-state index in [1.165, 1.54) is 32.1 Å². The Hall–Kier alpha value is -1.88. The SMILES string of the molecule is CCCC[C@H](CO)CC(=O)c1c(C)nc2c(OCC3CCCCC3)cccn12. The van der Waals surface area contributed by atoms with Crippen molar-refractivity contribution in [1.29, 1.82) is 0 Å². The van der Waals surface area contributed by atoms with Gasteiger partial charge >= 0.3 is 0 Å². The van der Waals surface area contributed by atoms with Gasteiger partial charge < -0.3 is 9.84 Å². The maximum Gasteiger partial charge on any atom is 0.181 e. The van der Waals surface area contributed by atoms with Crippen LogP contribution in [0.1, 0.15) is 80.9 Å². The smallest absolute Gasteiger partial charge is 0.181 e. The highest BCUT2D eigenvalue weighted by atomic mass is 16.5. The van der Waals surface area contributed by atoms with Crippen molar-refractivity contribution in [2.24, 2.45) is 11.8 Å². The summed E-state index contributed by atoms with van der Waals surface area (Å²) in [5.74, 6) is 1.43.